The van der Waals surface area contributed by atoms with Gasteiger partial charge in [-0.2, -0.15) is 5.26 Å². The monoisotopic (exact) mass is 260 g/mol. The normalized spacial score (nSPS) is 18.5. The first-order valence-corrected chi connectivity index (χ1v) is 6.12. The Morgan fingerprint density at radius 1 is 1.58 bits per heavy atom. The van der Waals surface area contributed by atoms with Gasteiger partial charge in [0, 0.05) is 12.1 Å². The highest BCUT2D eigenvalue weighted by molar-refractivity contribution is 6.06. The number of carbonyl (C=O) groups excluding carboxylic acids is 2. The van der Waals surface area contributed by atoms with Crippen molar-refractivity contribution in [3.8, 4) is 6.07 Å². The quantitative estimate of drug-likeness (QED) is 0.763. The van der Waals surface area contributed by atoms with E-state index in [0.29, 0.717) is 18.4 Å². The van der Waals surface area contributed by atoms with Crippen LogP contribution in [-0.4, -0.2) is 23.3 Å². The van der Waals surface area contributed by atoms with E-state index in [0.717, 1.165) is 4.90 Å². The molecular weight excluding hydrogens is 247 g/mol. The standard InChI is InChI=1S/C14H13FN2O2/c1-2-9-7-10(3-4-12(9)15)13(18)17-6-5-11(8-16)14(17)19/h3-4,7,11H,2,5-6H2,1H3. The van der Waals surface area contributed by atoms with Crippen LogP contribution in [0.4, 0.5) is 4.39 Å². The summed E-state index contributed by atoms with van der Waals surface area (Å²) in [6, 6.07) is 5.94. The predicted octanol–water partition coefficient (Wildman–Crippen LogP) is 1.90. The molecule has 0 bridgehead atoms. The Bertz CT molecular complexity index is 577. The van der Waals surface area contributed by atoms with E-state index in [2.05, 4.69) is 0 Å². The van der Waals surface area contributed by atoms with Crippen molar-refractivity contribution in [1.82, 2.24) is 4.90 Å². The third kappa shape index (κ3) is 2.34. The minimum Gasteiger partial charge on any atom is -0.277 e. The maximum atomic E-state index is 13.4. The second-order valence-electron chi connectivity index (χ2n) is 4.43. The molecule has 19 heavy (non-hydrogen) atoms. The van der Waals surface area contributed by atoms with E-state index < -0.39 is 17.7 Å². The van der Waals surface area contributed by atoms with Gasteiger partial charge in [-0.05, 0) is 36.6 Å². The van der Waals surface area contributed by atoms with Gasteiger partial charge in [-0.15, -0.1) is 0 Å². The number of hydrogen-bond donors (Lipinski definition) is 0. The number of likely N-dealkylation sites (tertiary alicyclic amines) is 1. The molecule has 1 aliphatic heterocycles. The van der Waals surface area contributed by atoms with Gasteiger partial charge < -0.3 is 0 Å². The molecule has 1 aromatic carbocycles. The molecule has 1 aliphatic rings. The van der Waals surface area contributed by atoms with Crippen molar-refractivity contribution in [3.05, 3.63) is 35.1 Å². The molecule has 1 heterocycles. The first-order valence-electron chi connectivity index (χ1n) is 6.12. The van der Waals surface area contributed by atoms with Gasteiger partial charge in [0.25, 0.3) is 5.91 Å². The second kappa shape index (κ2) is 5.19. The van der Waals surface area contributed by atoms with E-state index in [1.807, 2.05) is 6.07 Å². The summed E-state index contributed by atoms with van der Waals surface area (Å²) in [5.41, 5.74) is 0.722. The molecule has 1 saturated heterocycles. The molecule has 0 N–H and O–H groups in total. The van der Waals surface area contributed by atoms with Crippen LogP contribution in [0.5, 0.6) is 0 Å². The molecule has 98 valence electrons. The Morgan fingerprint density at radius 3 is 2.89 bits per heavy atom. The highest BCUT2D eigenvalue weighted by atomic mass is 19.1. The largest absolute Gasteiger partial charge is 0.277 e. The van der Waals surface area contributed by atoms with E-state index in [9.17, 15) is 14.0 Å². The van der Waals surface area contributed by atoms with Crippen LogP contribution >= 0.6 is 0 Å². The van der Waals surface area contributed by atoms with Crippen LogP contribution in [0.1, 0.15) is 29.3 Å². The zero-order chi connectivity index (χ0) is 14.0. The van der Waals surface area contributed by atoms with Crippen LogP contribution in [0.15, 0.2) is 18.2 Å². The summed E-state index contributed by atoms with van der Waals surface area (Å²) in [4.78, 5) is 25.0. The van der Waals surface area contributed by atoms with Crippen LogP contribution in [-0.2, 0) is 11.2 Å². The molecule has 1 fully saturated rings. The Balaban J connectivity index is 2.26. The Morgan fingerprint density at radius 2 is 2.32 bits per heavy atom. The number of amides is 2. The van der Waals surface area contributed by atoms with Crippen molar-refractivity contribution in [2.45, 2.75) is 19.8 Å². The fourth-order valence-corrected chi connectivity index (χ4v) is 2.14. The number of benzene rings is 1. The van der Waals surface area contributed by atoms with Crippen LogP contribution in [0.3, 0.4) is 0 Å². The number of nitriles is 1. The van der Waals surface area contributed by atoms with E-state index in [1.165, 1.54) is 18.2 Å². The summed E-state index contributed by atoms with van der Waals surface area (Å²) >= 11 is 0. The molecule has 0 saturated carbocycles. The summed E-state index contributed by atoms with van der Waals surface area (Å²) in [6.07, 6.45) is 0.838. The third-order valence-corrected chi connectivity index (χ3v) is 3.28. The molecule has 0 spiro atoms. The average Bonchev–Trinajstić information content (AvgIpc) is 2.79. The Labute approximate surface area is 110 Å². The van der Waals surface area contributed by atoms with Gasteiger partial charge in [0.1, 0.15) is 11.7 Å². The number of imide groups is 1. The maximum Gasteiger partial charge on any atom is 0.260 e. The number of aryl methyl sites for hydroxylation is 1. The van der Waals surface area contributed by atoms with Gasteiger partial charge in [-0.25, -0.2) is 4.39 Å². The number of rotatable bonds is 2. The highest BCUT2D eigenvalue weighted by Gasteiger charge is 2.36. The minimum atomic E-state index is -0.741. The van der Waals surface area contributed by atoms with Gasteiger partial charge in [-0.3, -0.25) is 14.5 Å². The van der Waals surface area contributed by atoms with Crippen LogP contribution < -0.4 is 0 Å². The number of nitrogens with zero attached hydrogens (tertiary/aromatic N) is 2. The Kier molecular flexibility index (Phi) is 3.61. The zero-order valence-corrected chi connectivity index (χ0v) is 10.5. The van der Waals surface area contributed by atoms with Gasteiger partial charge in [-0.1, -0.05) is 6.92 Å². The number of halogens is 1. The van der Waals surface area contributed by atoms with E-state index in [1.54, 1.807) is 6.92 Å². The fourth-order valence-electron chi connectivity index (χ4n) is 2.14. The summed E-state index contributed by atoms with van der Waals surface area (Å²) in [5, 5.41) is 8.77. The molecular formula is C14H13FN2O2. The van der Waals surface area contributed by atoms with Crippen molar-refractivity contribution in [2.24, 2.45) is 5.92 Å². The van der Waals surface area contributed by atoms with Crippen molar-refractivity contribution >= 4 is 11.8 Å². The molecule has 2 rings (SSSR count). The molecule has 0 aromatic heterocycles. The zero-order valence-electron chi connectivity index (χ0n) is 10.5. The van der Waals surface area contributed by atoms with Gasteiger partial charge in [0.15, 0.2) is 0 Å². The first-order chi connectivity index (χ1) is 9.08. The number of carbonyl (C=O) groups is 2. The molecule has 1 atom stereocenters. The molecule has 0 aliphatic carbocycles. The molecule has 0 radical (unpaired) electrons. The lowest BCUT2D eigenvalue weighted by Crippen LogP contribution is -2.33. The molecule has 1 unspecified atom stereocenters. The fraction of sp³-hybridized carbons (Fsp3) is 0.357. The SMILES string of the molecule is CCc1cc(C(=O)N2CCC(C#N)C2=O)ccc1F. The highest BCUT2D eigenvalue weighted by Crippen LogP contribution is 2.21. The van der Waals surface area contributed by atoms with E-state index in [-0.39, 0.29) is 17.9 Å². The van der Waals surface area contributed by atoms with Gasteiger partial charge in [0.05, 0.1) is 6.07 Å². The molecule has 2 amide bonds. The summed E-state index contributed by atoms with van der Waals surface area (Å²) in [6.45, 7) is 2.04. The van der Waals surface area contributed by atoms with Gasteiger partial charge in [0.2, 0.25) is 5.91 Å². The smallest absolute Gasteiger partial charge is 0.260 e. The lowest BCUT2D eigenvalue weighted by atomic mass is 10.1. The minimum absolute atomic E-state index is 0.245. The summed E-state index contributed by atoms with van der Waals surface area (Å²) in [7, 11) is 0. The van der Waals surface area contributed by atoms with E-state index >= 15 is 0 Å². The van der Waals surface area contributed by atoms with Crippen molar-refractivity contribution in [3.63, 3.8) is 0 Å². The lowest BCUT2D eigenvalue weighted by molar-refractivity contribution is -0.127. The van der Waals surface area contributed by atoms with Crippen LogP contribution in [0.25, 0.3) is 0 Å². The molecule has 5 heteroatoms. The second-order valence-corrected chi connectivity index (χ2v) is 4.43. The lowest BCUT2D eigenvalue weighted by Gasteiger charge is -2.14. The summed E-state index contributed by atoms with van der Waals surface area (Å²) in [5.74, 6) is -2.02. The average molecular weight is 260 g/mol. The van der Waals surface area contributed by atoms with Gasteiger partial charge >= 0.3 is 0 Å². The Hall–Kier alpha value is -2.22. The molecule has 4 nitrogen and oxygen atoms in total. The third-order valence-electron chi connectivity index (χ3n) is 3.28. The van der Waals surface area contributed by atoms with Crippen molar-refractivity contribution in [2.75, 3.05) is 6.54 Å². The van der Waals surface area contributed by atoms with E-state index in [4.69, 9.17) is 5.26 Å². The topological polar surface area (TPSA) is 61.2 Å². The van der Waals surface area contributed by atoms with Crippen molar-refractivity contribution < 1.29 is 14.0 Å². The first kappa shape index (κ1) is 13.2. The van der Waals surface area contributed by atoms with Crippen molar-refractivity contribution in [1.29, 1.82) is 5.26 Å². The maximum absolute atomic E-state index is 13.4. The number of hydrogen-bond acceptors (Lipinski definition) is 3. The molecule has 1 aromatic rings. The van der Waals surface area contributed by atoms with Crippen LogP contribution in [0.2, 0.25) is 0 Å². The summed E-state index contributed by atoms with van der Waals surface area (Å²) < 4.78 is 13.4. The predicted molar refractivity (Wildman–Crippen MR) is 65.5 cm³/mol. The van der Waals surface area contributed by atoms with Crippen LogP contribution in [0, 0.1) is 23.1 Å².